The van der Waals surface area contributed by atoms with Gasteiger partial charge in [-0.15, -0.1) is 11.3 Å². The Kier molecular flexibility index (Phi) is 7.56. The summed E-state index contributed by atoms with van der Waals surface area (Å²) in [5.74, 6) is 0.231. The van der Waals surface area contributed by atoms with Gasteiger partial charge in [-0.2, -0.15) is 0 Å². The van der Waals surface area contributed by atoms with E-state index in [2.05, 4.69) is 5.32 Å². The second-order valence-electron chi connectivity index (χ2n) is 6.68. The van der Waals surface area contributed by atoms with Crippen molar-refractivity contribution < 1.29 is 23.8 Å². The average molecular weight is 472 g/mol. The van der Waals surface area contributed by atoms with E-state index < -0.39 is 5.97 Å². The van der Waals surface area contributed by atoms with E-state index >= 15 is 0 Å². The number of carbonyl (C=O) groups excluding carboxylic acids is 2. The molecule has 0 aliphatic rings. The number of aryl methyl sites for hydroxylation is 1. The fourth-order valence-electron chi connectivity index (χ4n) is 3.20. The van der Waals surface area contributed by atoms with Crippen molar-refractivity contribution in [2.45, 2.75) is 6.92 Å². The monoisotopic (exact) mass is 471 g/mol. The van der Waals surface area contributed by atoms with Crippen LogP contribution in [0.5, 0.6) is 11.5 Å². The third kappa shape index (κ3) is 5.12. The Morgan fingerprint density at radius 2 is 1.78 bits per heavy atom. The number of benzene rings is 2. The molecule has 0 fully saturated rings. The van der Waals surface area contributed by atoms with Crippen molar-refractivity contribution in [1.82, 2.24) is 0 Å². The van der Waals surface area contributed by atoms with Gasteiger partial charge in [0.25, 0.3) is 0 Å². The van der Waals surface area contributed by atoms with Crippen molar-refractivity contribution in [3.63, 3.8) is 0 Å². The molecule has 2 aromatic carbocycles. The predicted octanol–water partition coefficient (Wildman–Crippen LogP) is 5.83. The molecule has 0 saturated heterocycles. The summed E-state index contributed by atoms with van der Waals surface area (Å²) in [6.45, 7) is 1.88. The van der Waals surface area contributed by atoms with Crippen LogP contribution in [0.25, 0.3) is 17.2 Å². The van der Waals surface area contributed by atoms with Gasteiger partial charge in [-0.25, -0.2) is 4.79 Å². The molecule has 0 atom stereocenters. The van der Waals surface area contributed by atoms with E-state index in [-0.39, 0.29) is 5.91 Å². The van der Waals surface area contributed by atoms with Gasteiger partial charge in [-0.1, -0.05) is 29.8 Å². The van der Waals surface area contributed by atoms with Crippen LogP contribution in [0, 0.1) is 6.92 Å². The lowest BCUT2D eigenvalue weighted by Gasteiger charge is -2.08. The highest BCUT2D eigenvalue weighted by Gasteiger charge is 2.25. The maximum atomic E-state index is 12.6. The molecule has 1 aromatic heterocycles. The molecule has 0 bridgehead atoms. The van der Waals surface area contributed by atoms with Crippen molar-refractivity contribution in [2.24, 2.45) is 0 Å². The SMILES string of the molecule is COC(=O)c1c(NC(=O)/C=C/c2ccc(OC)c(OC)c2)sc(C)c1-c1cccc(Cl)c1. The molecule has 6 nitrogen and oxygen atoms in total. The molecule has 0 aliphatic heterocycles. The summed E-state index contributed by atoms with van der Waals surface area (Å²) in [4.78, 5) is 26.0. The number of thiophene rings is 1. The molecule has 166 valence electrons. The second kappa shape index (κ2) is 10.3. The van der Waals surface area contributed by atoms with Gasteiger partial charge in [-0.05, 0) is 48.4 Å². The van der Waals surface area contributed by atoms with Gasteiger partial charge in [0, 0.05) is 21.5 Å². The maximum absolute atomic E-state index is 12.6. The lowest BCUT2D eigenvalue weighted by Crippen LogP contribution is -2.11. The fraction of sp³-hybridized carbons (Fsp3) is 0.167. The van der Waals surface area contributed by atoms with Gasteiger partial charge in [-0.3, -0.25) is 4.79 Å². The molecule has 1 heterocycles. The maximum Gasteiger partial charge on any atom is 0.341 e. The van der Waals surface area contributed by atoms with Gasteiger partial charge >= 0.3 is 5.97 Å². The van der Waals surface area contributed by atoms with Crippen molar-refractivity contribution >= 4 is 45.9 Å². The van der Waals surface area contributed by atoms with Crippen molar-refractivity contribution in [3.8, 4) is 22.6 Å². The molecular weight excluding hydrogens is 450 g/mol. The number of rotatable bonds is 7. The van der Waals surface area contributed by atoms with Gasteiger partial charge in [0.05, 0.1) is 21.3 Å². The topological polar surface area (TPSA) is 73.9 Å². The van der Waals surface area contributed by atoms with Crippen LogP contribution in [-0.4, -0.2) is 33.2 Å². The molecule has 0 aliphatic carbocycles. The quantitative estimate of drug-likeness (QED) is 0.346. The van der Waals surface area contributed by atoms with Gasteiger partial charge in [0.15, 0.2) is 11.5 Å². The van der Waals surface area contributed by atoms with Gasteiger partial charge < -0.3 is 19.5 Å². The third-order valence-electron chi connectivity index (χ3n) is 4.66. The Bertz CT molecular complexity index is 1190. The van der Waals surface area contributed by atoms with Crippen LogP contribution in [-0.2, 0) is 9.53 Å². The lowest BCUT2D eigenvalue weighted by molar-refractivity contribution is -0.111. The summed E-state index contributed by atoms with van der Waals surface area (Å²) in [5.41, 5.74) is 2.51. The standard InChI is InChI=1S/C24H22ClNO5S/c1-14-21(16-6-5-7-17(25)13-16)22(24(28)31-4)23(32-14)26-20(27)11-9-15-8-10-18(29-2)19(12-15)30-3/h5-13H,1-4H3,(H,26,27)/b11-9+. The van der Waals surface area contributed by atoms with E-state index in [1.165, 1.54) is 24.5 Å². The zero-order valence-corrected chi connectivity index (χ0v) is 19.6. The minimum atomic E-state index is -0.538. The predicted molar refractivity (Wildman–Crippen MR) is 128 cm³/mol. The molecule has 8 heteroatoms. The number of anilines is 1. The van der Waals surface area contributed by atoms with Gasteiger partial charge in [0.2, 0.25) is 5.91 Å². The van der Waals surface area contributed by atoms with Crippen LogP contribution in [0.1, 0.15) is 20.8 Å². The van der Waals surface area contributed by atoms with Crippen LogP contribution >= 0.6 is 22.9 Å². The minimum Gasteiger partial charge on any atom is -0.493 e. The van der Waals surface area contributed by atoms with Gasteiger partial charge in [0.1, 0.15) is 10.6 Å². The van der Waals surface area contributed by atoms with E-state index in [1.54, 1.807) is 56.7 Å². The van der Waals surface area contributed by atoms with Crippen LogP contribution in [0.3, 0.4) is 0 Å². The smallest absolute Gasteiger partial charge is 0.341 e. The zero-order chi connectivity index (χ0) is 23.3. The van der Waals surface area contributed by atoms with E-state index in [1.807, 2.05) is 13.0 Å². The Morgan fingerprint density at radius 3 is 2.44 bits per heavy atom. The second-order valence-corrected chi connectivity index (χ2v) is 8.34. The van der Waals surface area contributed by atoms with Crippen LogP contribution in [0.15, 0.2) is 48.5 Å². The Labute approximate surface area is 195 Å². The van der Waals surface area contributed by atoms with Crippen LogP contribution in [0.4, 0.5) is 5.00 Å². The first kappa shape index (κ1) is 23.4. The normalized spacial score (nSPS) is 10.8. The Hall–Kier alpha value is -3.29. The third-order valence-corrected chi connectivity index (χ3v) is 5.91. The number of hydrogen-bond donors (Lipinski definition) is 1. The molecule has 1 N–H and O–H groups in total. The van der Waals surface area contributed by atoms with Crippen molar-refractivity contribution in [3.05, 3.63) is 69.6 Å². The lowest BCUT2D eigenvalue weighted by atomic mass is 10.0. The molecule has 32 heavy (non-hydrogen) atoms. The largest absolute Gasteiger partial charge is 0.493 e. The van der Waals surface area contributed by atoms with E-state index in [0.717, 1.165) is 16.0 Å². The molecule has 0 spiro atoms. The molecule has 1 amide bonds. The number of nitrogens with one attached hydrogen (secondary N) is 1. The zero-order valence-electron chi connectivity index (χ0n) is 18.0. The van der Waals surface area contributed by atoms with E-state index in [0.29, 0.717) is 32.6 Å². The van der Waals surface area contributed by atoms with E-state index in [9.17, 15) is 9.59 Å². The number of esters is 1. The Balaban J connectivity index is 1.90. The number of amides is 1. The first-order valence-electron chi connectivity index (χ1n) is 9.56. The summed E-state index contributed by atoms with van der Waals surface area (Å²) in [5, 5.41) is 3.75. The highest BCUT2D eigenvalue weighted by atomic mass is 35.5. The first-order chi connectivity index (χ1) is 15.4. The highest BCUT2D eigenvalue weighted by molar-refractivity contribution is 7.17. The number of halogens is 1. The first-order valence-corrected chi connectivity index (χ1v) is 10.8. The van der Waals surface area contributed by atoms with Crippen LogP contribution in [0.2, 0.25) is 5.02 Å². The fourth-order valence-corrected chi connectivity index (χ4v) is 4.46. The molecular formula is C24H22ClNO5S. The Morgan fingerprint density at radius 1 is 1.03 bits per heavy atom. The number of hydrogen-bond acceptors (Lipinski definition) is 6. The van der Waals surface area contributed by atoms with Crippen molar-refractivity contribution in [2.75, 3.05) is 26.6 Å². The summed E-state index contributed by atoms with van der Waals surface area (Å²) in [7, 11) is 4.41. The summed E-state index contributed by atoms with van der Waals surface area (Å²) >= 11 is 7.44. The summed E-state index contributed by atoms with van der Waals surface area (Å²) in [6.07, 6.45) is 3.03. The van der Waals surface area contributed by atoms with E-state index in [4.69, 9.17) is 25.8 Å². The summed E-state index contributed by atoms with van der Waals surface area (Å²) in [6, 6.07) is 12.5. The number of ether oxygens (including phenoxy) is 3. The highest BCUT2D eigenvalue weighted by Crippen LogP contribution is 2.41. The minimum absolute atomic E-state index is 0.296. The molecule has 0 radical (unpaired) electrons. The number of methoxy groups -OCH3 is 3. The number of carbonyl (C=O) groups is 2. The summed E-state index contributed by atoms with van der Waals surface area (Å²) < 4.78 is 15.5. The van der Waals surface area contributed by atoms with Crippen LogP contribution < -0.4 is 14.8 Å². The van der Waals surface area contributed by atoms with Crippen molar-refractivity contribution in [1.29, 1.82) is 0 Å². The molecule has 3 rings (SSSR count). The molecule has 3 aromatic rings. The average Bonchev–Trinajstić information content (AvgIpc) is 3.12. The molecule has 0 unspecified atom stereocenters. The molecule has 0 saturated carbocycles.